The average Bonchev–Trinajstić information content (AvgIpc) is 3.49. The summed E-state index contributed by atoms with van der Waals surface area (Å²) in [6, 6.07) is 10.3. The van der Waals surface area contributed by atoms with Crippen LogP contribution in [0.1, 0.15) is 39.8 Å². The smallest absolute Gasteiger partial charge is 0.352 e. The van der Waals surface area contributed by atoms with Crippen molar-refractivity contribution in [3.8, 4) is 45.8 Å². The van der Waals surface area contributed by atoms with Crippen LogP contribution in [0.3, 0.4) is 0 Å². The van der Waals surface area contributed by atoms with E-state index in [1.165, 1.54) is 30.7 Å². The zero-order chi connectivity index (χ0) is 30.5. The molecule has 0 bridgehead atoms. The molecule has 1 aliphatic carbocycles. The summed E-state index contributed by atoms with van der Waals surface area (Å²) in [6.07, 6.45) is 1.72. The largest absolute Gasteiger partial charge is 0.507 e. The third-order valence-electron chi connectivity index (χ3n) is 8.38. The maximum Gasteiger partial charge on any atom is 0.352 e. The molecule has 3 N–H and O–H groups in total. The van der Waals surface area contributed by atoms with E-state index in [4.69, 9.17) is 9.47 Å². The van der Waals surface area contributed by atoms with Gasteiger partial charge >= 0.3 is 5.69 Å². The number of fused-ring (bicyclic) bond motifs is 5. The number of aryl methyl sites for hydroxylation is 2. The number of aromatic nitrogens is 5. The molecule has 7 rings (SSSR count). The van der Waals surface area contributed by atoms with Crippen LogP contribution in [0.25, 0.3) is 34.1 Å². The number of allylic oxidation sites excluding steroid dienone is 1. The number of pyridine rings is 1. The zero-order valence-electron chi connectivity index (χ0n) is 23.8. The van der Waals surface area contributed by atoms with Crippen LogP contribution in [0.5, 0.6) is 28.9 Å². The second-order valence-corrected chi connectivity index (χ2v) is 10.8. The molecule has 0 radical (unpaired) electrons. The van der Waals surface area contributed by atoms with Crippen LogP contribution < -0.4 is 15.2 Å². The van der Waals surface area contributed by atoms with E-state index in [0.717, 1.165) is 0 Å². The molecule has 0 saturated heterocycles. The molecule has 2 aromatic carbocycles. The first-order valence-corrected chi connectivity index (χ1v) is 13.3. The van der Waals surface area contributed by atoms with Gasteiger partial charge in [-0.05, 0) is 57.2 Å². The van der Waals surface area contributed by atoms with Crippen LogP contribution in [0.2, 0.25) is 0 Å². The zero-order valence-corrected chi connectivity index (χ0v) is 23.8. The van der Waals surface area contributed by atoms with Crippen molar-refractivity contribution in [2.45, 2.75) is 26.2 Å². The Morgan fingerprint density at radius 3 is 2.37 bits per heavy atom. The molecule has 12 heteroatoms. The van der Waals surface area contributed by atoms with Gasteiger partial charge in [0.25, 0.3) is 0 Å². The molecule has 0 spiro atoms. The van der Waals surface area contributed by atoms with Crippen molar-refractivity contribution in [1.82, 2.24) is 24.3 Å². The number of methoxy groups -OCH3 is 1. The number of aromatic hydroxyl groups is 3. The Morgan fingerprint density at radius 1 is 0.953 bits per heavy atom. The third kappa shape index (κ3) is 3.34. The fraction of sp³-hybridized carbons (Fsp3) is 0.194. The average molecular weight is 580 g/mol. The Kier molecular flexibility index (Phi) is 5.30. The molecule has 5 aromatic rings. The highest BCUT2D eigenvalue weighted by Gasteiger charge is 2.55. The van der Waals surface area contributed by atoms with Crippen LogP contribution >= 0.6 is 0 Å². The van der Waals surface area contributed by atoms with Gasteiger partial charge in [-0.25, -0.2) is 14.5 Å². The first-order chi connectivity index (χ1) is 20.5. The Bertz CT molecular complexity index is 2160. The van der Waals surface area contributed by atoms with Crippen LogP contribution in [-0.2, 0) is 12.5 Å². The second kappa shape index (κ2) is 8.68. The van der Waals surface area contributed by atoms with Crippen LogP contribution in [-0.4, -0.2) is 52.5 Å². The number of ether oxygens (including phenoxy) is 2. The van der Waals surface area contributed by atoms with Gasteiger partial charge in [-0.3, -0.25) is 9.36 Å². The van der Waals surface area contributed by atoms with Gasteiger partial charge in [-0.15, -0.1) is 0 Å². The number of phenols is 2. The first kappa shape index (κ1) is 26.3. The summed E-state index contributed by atoms with van der Waals surface area (Å²) in [6.45, 7) is 4.94. The molecule has 0 saturated carbocycles. The lowest BCUT2D eigenvalue weighted by atomic mass is 9.71. The van der Waals surface area contributed by atoms with Crippen molar-refractivity contribution in [1.29, 1.82) is 0 Å². The van der Waals surface area contributed by atoms with E-state index in [1.54, 1.807) is 43.8 Å². The number of benzene rings is 2. The lowest BCUT2D eigenvalue weighted by molar-refractivity contribution is 0.0905. The normalized spacial score (nSPS) is 16.9. The lowest BCUT2D eigenvalue weighted by Gasteiger charge is -2.27. The molecule has 4 heterocycles. The number of nitrogens with zero attached hydrogens (tertiary/aromatic N) is 5. The Labute approximate surface area is 243 Å². The summed E-state index contributed by atoms with van der Waals surface area (Å²) in [7, 11) is 3.04. The van der Waals surface area contributed by atoms with Crippen LogP contribution in [0, 0.1) is 13.8 Å². The fourth-order valence-electron chi connectivity index (χ4n) is 5.95. The fourth-order valence-corrected chi connectivity index (χ4v) is 5.95. The Hall–Kier alpha value is -5.65. The van der Waals surface area contributed by atoms with E-state index < -0.39 is 17.0 Å². The van der Waals surface area contributed by atoms with Crippen molar-refractivity contribution in [2.24, 2.45) is 7.05 Å². The van der Waals surface area contributed by atoms with Gasteiger partial charge in [0.2, 0.25) is 5.88 Å². The van der Waals surface area contributed by atoms with Crippen molar-refractivity contribution in [3.63, 3.8) is 0 Å². The molecule has 0 amide bonds. The number of phenolic OH excluding ortho intramolecular Hbond substituents is 2. The van der Waals surface area contributed by atoms with E-state index in [9.17, 15) is 24.9 Å². The molecule has 1 unspecified atom stereocenters. The summed E-state index contributed by atoms with van der Waals surface area (Å²) < 4.78 is 14.4. The summed E-state index contributed by atoms with van der Waals surface area (Å²) in [5.74, 6) is -0.417. The maximum atomic E-state index is 14.4. The molecule has 3 aromatic heterocycles. The van der Waals surface area contributed by atoms with Crippen molar-refractivity contribution in [3.05, 3.63) is 80.7 Å². The monoisotopic (exact) mass is 579 g/mol. The standard InChI is InChI=1S/C31H25N5O7/c1-13-24(37)22(18-11-10-17-28(32-18)35(4)30(41)33-29(17)40)26-23(25(13)38)31(3)20(43-26)12-19-21(27(31)39)14(2)34-36(19)15-6-8-16(42-5)9-7-15/h6-12,37-38H,1-5H3,(H,33,40,41). The molecule has 1 aliphatic heterocycles. The molecule has 0 fully saturated rings. The SMILES string of the molecule is COc1ccc(-n2nc(C)c3c2C=C2Oc4c(-c5ccc6c(O)nc(=O)n(C)c6n5)c(O)c(C)c(O)c4C2(C)C3=O)cc1. The number of hydrogen-bond donors (Lipinski definition) is 3. The van der Waals surface area contributed by atoms with Crippen molar-refractivity contribution >= 4 is 22.9 Å². The molecule has 216 valence electrons. The van der Waals surface area contributed by atoms with E-state index in [0.29, 0.717) is 28.4 Å². The number of carbonyl (C=O) groups excluding carboxylic acids is 1. The van der Waals surface area contributed by atoms with Crippen LogP contribution in [0.15, 0.2) is 47.0 Å². The molecule has 2 aliphatic rings. The van der Waals surface area contributed by atoms with Gasteiger partial charge in [0.05, 0.1) is 52.0 Å². The molecular weight excluding hydrogens is 554 g/mol. The number of carbonyl (C=O) groups is 1. The number of Topliss-reactive ketones (excluding diaryl/α,β-unsaturated/α-hetero) is 1. The number of rotatable bonds is 3. The van der Waals surface area contributed by atoms with Gasteiger partial charge < -0.3 is 24.8 Å². The van der Waals surface area contributed by atoms with Gasteiger partial charge in [-0.2, -0.15) is 10.1 Å². The predicted molar refractivity (Wildman–Crippen MR) is 155 cm³/mol. The maximum absolute atomic E-state index is 14.4. The highest BCUT2D eigenvalue weighted by molar-refractivity contribution is 6.14. The molecule has 12 nitrogen and oxygen atoms in total. The minimum atomic E-state index is -1.44. The minimum absolute atomic E-state index is 0.0598. The van der Waals surface area contributed by atoms with Gasteiger partial charge in [0.1, 0.15) is 39.8 Å². The second-order valence-electron chi connectivity index (χ2n) is 10.8. The quantitative estimate of drug-likeness (QED) is 0.287. The van der Waals surface area contributed by atoms with Crippen molar-refractivity contribution < 1.29 is 29.6 Å². The summed E-state index contributed by atoms with van der Waals surface area (Å²) >= 11 is 0. The Balaban J connectivity index is 1.47. The van der Waals surface area contributed by atoms with E-state index in [1.807, 2.05) is 12.1 Å². The molecule has 43 heavy (non-hydrogen) atoms. The molecular formula is C31H25N5O7. The van der Waals surface area contributed by atoms with Gasteiger partial charge in [-0.1, -0.05) is 0 Å². The highest BCUT2D eigenvalue weighted by Crippen LogP contribution is 2.60. The van der Waals surface area contributed by atoms with E-state index in [2.05, 4.69) is 15.1 Å². The summed E-state index contributed by atoms with van der Waals surface area (Å²) in [4.78, 5) is 34.8. The van der Waals surface area contributed by atoms with E-state index in [-0.39, 0.29) is 62.2 Å². The minimum Gasteiger partial charge on any atom is -0.507 e. The first-order valence-electron chi connectivity index (χ1n) is 13.3. The summed E-state index contributed by atoms with van der Waals surface area (Å²) in [5.41, 5.74) is 0.687. The highest BCUT2D eigenvalue weighted by atomic mass is 16.5. The number of hydrogen-bond acceptors (Lipinski definition) is 10. The summed E-state index contributed by atoms with van der Waals surface area (Å²) in [5, 5.41) is 37.8. The molecule has 1 atom stereocenters. The topological polar surface area (TPSA) is 162 Å². The Morgan fingerprint density at radius 2 is 1.67 bits per heavy atom. The van der Waals surface area contributed by atoms with Gasteiger partial charge in [0, 0.05) is 18.7 Å². The van der Waals surface area contributed by atoms with Crippen molar-refractivity contribution in [2.75, 3.05) is 7.11 Å². The predicted octanol–water partition coefficient (Wildman–Crippen LogP) is 3.81. The van der Waals surface area contributed by atoms with Crippen LogP contribution in [0.4, 0.5) is 0 Å². The van der Waals surface area contributed by atoms with Gasteiger partial charge in [0.15, 0.2) is 5.78 Å². The van der Waals surface area contributed by atoms with E-state index >= 15 is 0 Å². The number of ketones is 1. The lowest BCUT2D eigenvalue weighted by Crippen LogP contribution is -2.36. The third-order valence-corrected chi connectivity index (χ3v) is 8.38.